The second kappa shape index (κ2) is 11.7. The van der Waals surface area contributed by atoms with E-state index in [1.54, 1.807) is 0 Å². The molecule has 0 saturated heterocycles. The zero-order valence-corrected chi connectivity index (χ0v) is 22.0. The van der Waals surface area contributed by atoms with Gasteiger partial charge >= 0.3 is 5.97 Å². The van der Waals surface area contributed by atoms with E-state index in [1.807, 2.05) is 25.1 Å². The van der Waals surface area contributed by atoms with Gasteiger partial charge in [0.25, 0.3) is 0 Å². The number of carbonyl (C=O) groups excluding carboxylic acids is 1. The number of hydrogen-bond acceptors (Lipinski definition) is 2. The van der Waals surface area contributed by atoms with E-state index in [1.165, 1.54) is 16.7 Å². The molecule has 2 nitrogen and oxygen atoms in total. The molecule has 0 N–H and O–H groups in total. The number of carbonyl (C=O) groups is 1. The quantitative estimate of drug-likeness (QED) is 0.200. The summed E-state index contributed by atoms with van der Waals surface area (Å²) in [6.07, 6.45) is 1.00. The van der Waals surface area contributed by atoms with Gasteiger partial charge in [-0.3, -0.25) is 4.79 Å². The van der Waals surface area contributed by atoms with E-state index in [-0.39, 0.29) is 12.4 Å². The van der Waals surface area contributed by atoms with E-state index in [4.69, 9.17) is 4.74 Å². The molecule has 0 heterocycles. The predicted octanol–water partition coefficient (Wildman–Crippen LogP) is 9.02. The highest BCUT2D eigenvalue weighted by Crippen LogP contribution is 2.50. The molecule has 0 unspecified atom stereocenters. The molecule has 0 aliphatic heterocycles. The highest BCUT2D eigenvalue weighted by Gasteiger charge is 2.27. The van der Waals surface area contributed by atoms with Crippen molar-refractivity contribution in [3.63, 3.8) is 0 Å². The Morgan fingerprint density at radius 1 is 0.500 bits per heavy atom. The molecule has 0 amide bonds. The van der Waals surface area contributed by atoms with Gasteiger partial charge in [-0.05, 0) is 69.0 Å². The number of ether oxygens (including phenoxy) is 1. The summed E-state index contributed by atoms with van der Waals surface area (Å²) in [6.45, 7) is 4.41. The Bertz CT molecular complexity index is 1510. The van der Waals surface area contributed by atoms with Crippen LogP contribution in [0.25, 0.3) is 44.5 Å². The van der Waals surface area contributed by atoms with Crippen molar-refractivity contribution >= 4 is 5.97 Å². The SMILES string of the molecule is CCOC(=O)Cc1c(CC)c(-c2ccccc2)c(-c2ccccc2)c(-c2ccccc2)c1-c1ccccc1. The minimum absolute atomic E-state index is 0.204. The fourth-order valence-electron chi connectivity index (χ4n) is 5.43. The van der Waals surface area contributed by atoms with Gasteiger partial charge in [0.2, 0.25) is 0 Å². The zero-order valence-electron chi connectivity index (χ0n) is 22.0. The highest BCUT2D eigenvalue weighted by atomic mass is 16.5. The Labute approximate surface area is 225 Å². The lowest BCUT2D eigenvalue weighted by Gasteiger charge is -2.27. The van der Waals surface area contributed by atoms with Crippen LogP contribution in [0.1, 0.15) is 25.0 Å². The predicted molar refractivity (Wildman–Crippen MR) is 158 cm³/mol. The first-order chi connectivity index (χ1) is 18.7. The number of hydrogen-bond donors (Lipinski definition) is 0. The Kier molecular flexibility index (Phi) is 7.80. The first-order valence-corrected chi connectivity index (χ1v) is 13.3. The molecule has 2 heteroatoms. The summed E-state index contributed by atoms with van der Waals surface area (Å²) in [6, 6.07) is 42.2. The Morgan fingerprint density at radius 3 is 1.18 bits per heavy atom. The van der Waals surface area contributed by atoms with Gasteiger partial charge < -0.3 is 4.74 Å². The minimum atomic E-state index is -0.204. The van der Waals surface area contributed by atoms with Crippen molar-refractivity contribution < 1.29 is 9.53 Å². The maximum absolute atomic E-state index is 13.1. The molecule has 0 saturated carbocycles. The summed E-state index contributed by atoms with van der Waals surface area (Å²) in [5, 5.41) is 0. The monoisotopic (exact) mass is 496 g/mol. The third kappa shape index (κ3) is 5.03. The van der Waals surface area contributed by atoms with E-state index in [0.717, 1.165) is 45.4 Å². The molecule has 0 aromatic heterocycles. The number of rotatable bonds is 8. The maximum atomic E-state index is 13.1. The lowest BCUT2D eigenvalue weighted by Crippen LogP contribution is -2.13. The van der Waals surface area contributed by atoms with Crippen molar-refractivity contribution in [2.75, 3.05) is 6.61 Å². The van der Waals surface area contributed by atoms with Gasteiger partial charge in [-0.1, -0.05) is 128 Å². The number of benzene rings is 5. The van der Waals surface area contributed by atoms with Crippen molar-refractivity contribution in [1.82, 2.24) is 0 Å². The highest BCUT2D eigenvalue weighted by molar-refractivity contribution is 6.05. The van der Waals surface area contributed by atoms with Crippen molar-refractivity contribution in [2.45, 2.75) is 26.7 Å². The van der Waals surface area contributed by atoms with Gasteiger partial charge in [-0.2, -0.15) is 0 Å². The van der Waals surface area contributed by atoms with Gasteiger partial charge in [0.1, 0.15) is 0 Å². The van der Waals surface area contributed by atoms with E-state index in [0.29, 0.717) is 6.61 Å². The molecule has 0 spiro atoms. The van der Waals surface area contributed by atoms with Crippen molar-refractivity contribution in [3.8, 4) is 44.5 Å². The summed E-state index contributed by atoms with van der Waals surface area (Å²) < 4.78 is 5.50. The third-order valence-electron chi connectivity index (χ3n) is 6.95. The standard InChI is InChI=1S/C36H32O2/c1-3-30-31(25-32(37)38-4-2)34(27-19-11-6-12-20-27)36(29-23-15-8-16-24-29)35(28-21-13-7-14-22-28)33(30)26-17-9-5-10-18-26/h5-24H,3-4,25H2,1-2H3. The van der Waals surface area contributed by atoms with Gasteiger partial charge in [-0.25, -0.2) is 0 Å². The number of esters is 1. The van der Waals surface area contributed by atoms with Gasteiger partial charge in [0, 0.05) is 0 Å². The minimum Gasteiger partial charge on any atom is -0.466 e. The van der Waals surface area contributed by atoms with Crippen molar-refractivity contribution in [3.05, 3.63) is 132 Å². The molecule has 0 aliphatic rings. The van der Waals surface area contributed by atoms with E-state index in [9.17, 15) is 4.79 Å². The maximum Gasteiger partial charge on any atom is 0.310 e. The van der Waals surface area contributed by atoms with Crippen LogP contribution in [-0.4, -0.2) is 12.6 Å². The second-order valence-corrected chi connectivity index (χ2v) is 9.26. The van der Waals surface area contributed by atoms with Gasteiger partial charge in [0.05, 0.1) is 13.0 Å². The van der Waals surface area contributed by atoms with Crippen LogP contribution in [0.15, 0.2) is 121 Å². The fourth-order valence-corrected chi connectivity index (χ4v) is 5.43. The second-order valence-electron chi connectivity index (χ2n) is 9.26. The average molecular weight is 497 g/mol. The van der Waals surface area contributed by atoms with Crippen molar-refractivity contribution in [1.29, 1.82) is 0 Å². The fraction of sp³-hybridized carbons (Fsp3) is 0.139. The van der Waals surface area contributed by atoms with Crippen LogP contribution in [0.3, 0.4) is 0 Å². The van der Waals surface area contributed by atoms with Crippen LogP contribution >= 0.6 is 0 Å². The van der Waals surface area contributed by atoms with Gasteiger partial charge in [-0.15, -0.1) is 0 Å². The van der Waals surface area contributed by atoms with Crippen LogP contribution in [0, 0.1) is 0 Å². The Balaban J connectivity index is 2.02. The molecule has 38 heavy (non-hydrogen) atoms. The first-order valence-electron chi connectivity index (χ1n) is 13.3. The summed E-state index contributed by atoms with van der Waals surface area (Å²) in [5.74, 6) is -0.204. The van der Waals surface area contributed by atoms with E-state index >= 15 is 0 Å². The van der Waals surface area contributed by atoms with Crippen LogP contribution in [0.2, 0.25) is 0 Å². The molecular formula is C36H32O2. The zero-order chi connectivity index (χ0) is 26.3. The molecule has 5 aromatic rings. The van der Waals surface area contributed by atoms with Crippen LogP contribution in [0.4, 0.5) is 0 Å². The Hall–Kier alpha value is -4.43. The lowest BCUT2D eigenvalue weighted by atomic mass is 9.76. The molecule has 5 aromatic carbocycles. The van der Waals surface area contributed by atoms with Crippen molar-refractivity contribution in [2.24, 2.45) is 0 Å². The third-order valence-corrected chi connectivity index (χ3v) is 6.95. The lowest BCUT2D eigenvalue weighted by molar-refractivity contribution is -0.142. The molecule has 0 fully saturated rings. The van der Waals surface area contributed by atoms with Crippen LogP contribution in [0.5, 0.6) is 0 Å². The summed E-state index contributed by atoms with van der Waals surface area (Å²) in [7, 11) is 0. The summed E-state index contributed by atoms with van der Waals surface area (Å²) in [4.78, 5) is 13.1. The Morgan fingerprint density at radius 2 is 0.842 bits per heavy atom. The topological polar surface area (TPSA) is 26.3 Å². The first kappa shape index (κ1) is 25.2. The van der Waals surface area contributed by atoms with Crippen LogP contribution < -0.4 is 0 Å². The molecular weight excluding hydrogens is 464 g/mol. The summed E-state index contributed by atoms with van der Waals surface area (Å²) >= 11 is 0. The molecule has 0 atom stereocenters. The normalized spacial score (nSPS) is 10.8. The molecule has 0 aliphatic carbocycles. The van der Waals surface area contributed by atoms with Crippen LogP contribution in [-0.2, 0) is 22.4 Å². The molecule has 0 bridgehead atoms. The molecule has 0 radical (unpaired) electrons. The van der Waals surface area contributed by atoms with E-state index < -0.39 is 0 Å². The largest absolute Gasteiger partial charge is 0.466 e. The molecule has 5 rings (SSSR count). The molecule has 188 valence electrons. The van der Waals surface area contributed by atoms with Gasteiger partial charge in [0.15, 0.2) is 0 Å². The smallest absolute Gasteiger partial charge is 0.310 e. The van der Waals surface area contributed by atoms with E-state index in [2.05, 4.69) is 110 Å². The summed E-state index contributed by atoms with van der Waals surface area (Å²) in [5.41, 5.74) is 11.3. The average Bonchev–Trinajstić information content (AvgIpc) is 2.98.